The van der Waals surface area contributed by atoms with Crippen LogP contribution in [0.3, 0.4) is 0 Å². The quantitative estimate of drug-likeness (QED) is 0.718. The Morgan fingerprint density at radius 1 is 1.33 bits per heavy atom. The number of furan rings is 1. The van der Waals surface area contributed by atoms with E-state index in [-0.39, 0.29) is 19.0 Å². The van der Waals surface area contributed by atoms with Gasteiger partial charge in [-0.25, -0.2) is 9.59 Å². The minimum absolute atomic E-state index is 0.0603. The van der Waals surface area contributed by atoms with Crippen molar-refractivity contribution in [3.63, 3.8) is 0 Å². The average molecular weight is 397 g/mol. The van der Waals surface area contributed by atoms with Crippen molar-refractivity contribution in [1.29, 1.82) is 0 Å². The van der Waals surface area contributed by atoms with Gasteiger partial charge in [0.1, 0.15) is 12.2 Å². The lowest BCUT2D eigenvalue weighted by molar-refractivity contribution is -0.155. The summed E-state index contributed by atoms with van der Waals surface area (Å²) in [6, 6.07) is 5.37. The van der Waals surface area contributed by atoms with Gasteiger partial charge in [-0.2, -0.15) is 0 Å². The number of esters is 2. The molecule has 7 heteroatoms. The van der Waals surface area contributed by atoms with E-state index in [0.717, 1.165) is 10.9 Å². The second-order valence-corrected chi connectivity index (χ2v) is 6.30. The molecule has 6 nitrogen and oxygen atoms in total. The minimum atomic E-state index is -0.576. The first kappa shape index (κ1) is 17.0. The van der Waals surface area contributed by atoms with E-state index in [9.17, 15) is 9.59 Å². The van der Waals surface area contributed by atoms with Crippen molar-refractivity contribution in [2.24, 2.45) is 0 Å². The molecule has 1 aliphatic rings. The largest absolute Gasteiger partial charge is 0.460 e. The predicted octanol–water partition coefficient (Wildman–Crippen LogP) is 3.59. The molecule has 0 radical (unpaired) electrons. The predicted molar refractivity (Wildman–Crippen MR) is 88.6 cm³/mol. The topological polar surface area (TPSA) is 75.0 Å². The van der Waals surface area contributed by atoms with E-state index in [1.165, 1.54) is 0 Å². The Kier molecular flexibility index (Phi) is 5.20. The summed E-state index contributed by atoms with van der Waals surface area (Å²) in [4.78, 5) is 24.2. The van der Waals surface area contributed by atoms with E-state index >= 15 is 0 Å². The zero-order chi connectivity index (χ0) is 17.1. The average Bonchev–Trinajstić information content (AvgIpc) is 3.20. The Labute approximate surface area is 147 Å². The van der Waals surface area contributed by atoms with E-state index in [1.807, 2.05) is 12.1 Å². The molecule has 2 heterocycles. The van der Waals surface area contributed by atoms with Crippen molar-refractivity contribution in [3.05, 3.63) is 34.0 Å². The van der Waals surface area contributed by atoms with Crippen LogP contribution in [-0.2, 0) is 25.6 Å². The van der Waals surface area contributed by atoms with Gasteiger partial charge in [-0.15, -0.1) is 0 Å². The van der Waals surface area contributed by atoms with Crippen LogP contribution in [0.15, 0.2) is 27.1 Å². The summed E-state index contributed by atoms with van der Waals surface area (Å²) in [7, 11) is 0. The van der Waals surface area contributed by atoms with Gasteiger partial charge in [-0.3, -0.25) is 0 Å². The molecule has 0 bridgehead atoms. The molecule has 1 fully saturated rings. The molecule has 0 unspecified atom stereocenters. The number of hydrogen-bond acceptors (Lipinski definition) is 6. The third-order valence-electron chi connectivity index (χ3n) is 3.77. The van der Waals surface area contributed by atoms with Crippen molar-refractivity contribution >= 4 is 38.8 Å². The molecule has 1 aromatic heterocycles. The van der Waals surface area contributed by atoms with Crippen LogP contribution in [0.2, 0.25) is 0 Å². The molecular formula is C17H17BrO6. The number of rotatable bonds is 5. The summed E-state index contributed by atoms with van der Waals surface area (Å²) in [5.74, 6) is -0.940. The van der Waals surface area contributed by atoms with Crippen LogP contribution in [0, 0.1) is 0 Å². The van der Waals surface area contributed by atoms with Crippen LogP contribution in [0.1, 0.15) is 35.9 Å². The number of halogens is 1. The summed E-state index contributed by atoms with van der Waals surface area (Å²) in [5.41, 5.74) is 1.03. The molecule has 1 aromatic carbocycles. The van der Waals surface area contributed by atoms with Crippen molar-refractivity contribution in [2.75, 3.05) is 13.2 Å². The summed E-state index contributed by atoms with van der Waals surface area (Å²) in [6.45, 7) is 2.44. The van der Waals surface area contributed by atoms with E-state index in [2.05, 4.69) is 15.9 Å². The Morgan fingerprint density at radius 3 is 2.88 bits per heavy atom. The molecule has 1 aliphatic heterocycles. The molecule has 0 aliphatic carbocycles. The highest BCUT2D eigenvalue weighted by Crippen LogP contribution is 2.30. The molecule has 2 aromatic rings. The Balaban J connectivity index is 1.88. The van der Waals surface area contributed by atoms with Gasteiger partial charge in [-0.1, -0.05) is 15.9 Å². The maximum absolute atomic E-state index is 12.1. The van der Waals surface area contributed by atoms with Crippen molar-refractivity contribution in [2.45, 2.75) is 32.5 Å². The van der Waals surface area contributed by atoms with Gasteiger partial charge in [0.25, 0.3) is 0 Å². The third kappa shape index (κ3) is 3.47. The number of carbonyl (C=O) groups is 2. The lowest BCUT2D eigenvalue weighted by atomic mass is 10.1. The minimum Gasteiger partial charge on any atom is -0.460 e. The van der Waals surface area contributed by atoms with Crippen molar-refractivity contribution < 1.29 is 28.2 Å². The van der Waals surface area contributed by atoms with Crippen molar-refractivity contribution in [3.8, 4) is 0 Å². The normalized spacial score (nSPS) is 17.2. The fourth-order valence-corrected chi connectivity index (χ4v) is 2.99. The van der Waals surface area contributed by atoms with Gasteiger partial charge < -0.3 is 18.6 Å². The summed E-state index contributed by atoms with van der Waals surface area (Å²) in [6.07, 6.45) is 0.970. The zero-order valence-corrected chi connectivity index (χ0v) is 14.8. The van der Waals surface area contributed by atoms with E-state index in [4.69, 9.17) is 18.6 Å². The maximum atomic E-state index is 12.1. The van der Waals surface area contributed by atoms with Crippen LogP contribution in [0.5, 0.6) is 0 Å². The van der Waals surface area contributed by atoms with Crippen LogP contribution in [0.4, 0.5) is 0 Å². The summed E-state index contributed by atoms with van der Waals surface area (Å²) in [5, 5.41) is 0.701. The molecular weight excluding hydrogens is 380 g/mol. The molecule has 0 amide bonds. The highest BCUT2D eigenvalue weighted by Gasteiger charge is 2.27. The van der Waals surface area contributed by atoms with Crippen LogP contribution in [-0.4, -0.2) is 31.3 Å². The summed E-state index contributed by atoms with van der Waals surface area (Å²) < 4.78 is 22.1. The first-order valence-corrected chi connectivity index (χ1v) is 8.55. The number of carbonyl (C=O) groups excluding carboxylic acids is 2. The first-order valence-electron chi connectivity index (χ1n) is 7.76. The number of ether oxygens (including phenoxy) is 3. The van der Waals surface area contributed by atoms with E-state index in [1.54, 1.807) is 13.0 Å². The van der Waals surface area contributed by atoms with Gasteiger partial charge in [-0.05, 0) is 38.0 Å². The van der Waals surface area contributed by atoms with Gasteiger partial charge >= 0.3 is 11.9 Å². The first-order chi connectivity index (χ1) is 11.6. The standard InChI is InChI=1S/C17H17BrO6/c1-2-21-17(20)15-12(9-23-16(19)14-4-3-7-22-14)11-8-10(18)5-6-13(11)24-15/h5-6,8,14H,2-4,7,9H2,1H3/t14-/m1/s1. The monoisotopic (exact) mass is 396 g/mol. The van der Waals surface area contributed by atoms with Crippen LogP contribution in [0.25, 0.3) is 11.0 Å². The fourth-order valence-electron chi connectivity index (χ4n) is 2.63. The lowest BCUT2D eigenvalue weighted by Crippen LogP contribution is -2.22. The second kappa shape index (κ2) is 7.36. The fraction of sp³-hybridized carbons (Fsp3) is 0.412. The zero-order valence-electron chi connectivity index (χ0n) is 13.2. The smallest absolute Gasteiger partial charge is 0.374 e. The maximum Gasteiger partial charge on any atom is 0.374 e. The molecule has 0 spiro atoms. The highest BCUT2D eigenvalue weighted by atomic mass is 79.9. The lowest BCUT2D eigenvalue weighted by Gasteiger charge is -2.10. The Morgan fingerprint density at radius 2 is 2.17 bits per heavy atom. The van der Waals surface area contributed by atoms with Gasteiger partial charge in [0, 0.05) is 16.5 Å². The molecule has 1 atom stereocenters. The molecule has 3 rings (SSSR count). The highest BCUT2D eigenvalue weighted by molar-refractivity contribution is 9.10. The molecule has 24 heavy (non-hydrogen) atoms. The van der Waals surface area contributed by atoms with E-state index < -0.39 is 18.0 Å². The molecule has 0 N–H and O–H groups in total. The molecule has 128 valence electrons. The SMILES string of the molecule is CCOC(=O)c1oc2ccc(Br)cc2c1COC(=O)[C@H]1CCCO1. The van der Waals surface area contributed by atoms with Crippen LogP contribution < -0.4 is 0 Å². The Hall–Kier alpha value is -1.86. The molecule has 0 saturated carbocycles. The molecule has 1 saturated heterocycles. The van der Waals surface area contributed by atoms with Gasteiger partial charge in [0.05, 0.1) is 12.2 Å². The number of fused-ring (bicyclic) bond motifs is 1. The van der Waals surface area contributed by atoms with Crippen LogP contribution >= 0.6 is 15.9 Å². The number of hydrogen-bond donors (Lipinski definition) is 0. The van der Waals surface area contributed by atoms with Gasteiger partial charge in [0.2, 0.25) is 5.76 Å². The number of benzene rings is 1. The van der Waals surface area contributed by atoms with E-state index in [0.29, 0.717) is 29.6 Å². The van der Waals surface area contributed by atoms with Gasteiger partial charge in [0.15, 0.2) is 6.10 Å². The second-order valence-electron chi connectivity index (χ2n) is 5.38. The third-order valence-corrected chi connectivity index (χ3v) is 4.26. The summed E-state index contributed by atoms with van der Waals surface area (Å²) >= 11 is 3.39. The Bertz CT molecular complexity index is 760. The van der Waals surface area contributed by atoms with Crippen molar-refractivity contribution in [1.82, 2.24) is 0 Å².